The third-order valence-electron chi connectivity index (χ3n) is 4.99. The second kappa shape index (κ2) is 8.11. The minimum Gasteiger partial charge on any atom is -0.341 e. The molecule has 0 aliphatic carbocycles. The van der Waals surface area contributed by atoms with Crippen molar-refractivity contribution in [2.45, 2.75) is 31.2 Å². The molecule has 2 aromatic rings. The van der Waals surface area contributed by atoms with Gasteiger partial charge in [-0.15, -0.1) is 0 Å². The van der Waals surface area contributed by atoms with Gasteiger partial charge in [-0.3, -0.25) is 4.79 Å². The van der Waals surface area contributed by atoms with Gasteiger partial charge in [-0.1, -0.05) is 60.7 Å². The largest absolute Gasteiger partial charge is 0.341 e. The van der Waals surface area contributed by atoms with Crippen LogP contribution in [0.25, 0.3) is 0 Å². The molecule has 0 aromatic heterocycles. The number of hydrogen-bond donors (Lipinski definition) is 1. The molecule has 24 heavy (non-hydrogen) atoms. The van der Waals surface area contributed by atoms with Crippen LogP contribution in [0.3, 0.4) is 0 Å². The number of benzene rings is 2. The fraction of sp³-hybridized carbons (Fsp3) is 0.381. The van der Waals surface area contributed by atoms with Crippen molar-refractivity contribution in [3.63, 3.8) is 0 Å². The van der Waals surface area contributed by atoms with E-state index >= 15 is 0 Å². The van der Waals surface area contributed by atoms with Gasteiger partial charge in [0.2, 0.25) is 5.91 Å². The van der Waals surface area contributed by atoms with Gasteiger partial charge in [0.15, 0.2) is 0 Å². The number of likely N-dealkylation sites (N-methyl/N-ethyl adjacent to an activating group) is 1. The zero-order valence-electron chi connectivity index (χ0n) is 14.3. The smallest absolute Gasteiger partial charge is 0.223 e. The number of amides is 1. The van der Waals surface area contributed by atoms with Crippen LogP contribution in [-0.2, 0) is 11.2 Å². The van der Waals surface area contributed by atoms with Crippen molar-refractivity contribution in [1.29, 1.82) is 0 Å². The van der Waals surface area contributed by atoms with Crippen LogP contribution in [0.2, 0.25) is 0 Å². The van der Waals surface area contributed by atoms with Gasteiger partial charge in [0.05, 0.1) is 0 Å². The number of carbonyl (C=O) groups is 1. The summed E-state index contributed by atoms with van der Waals surface area (Å²) in [5.74, 6) is 0.464. The number of nitrogens with zero attached hydrogens (tertiary/aromatic N) is 1. The van der Waals surface area contributed by atoms with E-state index in [4.69, 9.17) is 0 Å². The Bertz CT molecular complexity index is 635. The zero-order valence-corrected chi connectivity index (χ0v) is 14.3. The van der Waals surface area contributed by atoms with Gasteiger partial charge in [0.25, 0.3) is 0 Å². The first-order valence-corrected chi connectivity index (χ1v) is 8.79. The second-order valence-corrected chi connectivity index (χ2v) is 6.65. The quantitative estimate of drug-likeness (QED) is 0.885. The zero-order chi connectivity index (χ0) is 16.8. The van der Waals surface area contributed by atoms with Crippen LogP contribution in [0.15, 0.2) is 60.7 Å². The van der Waals surface area contributed by atoms with E-state index < -0.39 is 0 Å². The molecule has 1 aliphatic rings. The van der Waals surface area contributed by atoms with Gasteiger partial charge < -0.3 is 10.2 Å². The Balaban J connectivity index is 1.73. The predicted octanol–water partition coefficient (Wildman–Crippen LogP) is 3.22. The molecule has 3 rings (SSSR count). The predicted molar refractivity (Wildman–Crippen MR) is 98.0 cm³/mol. The number of carbonyl (C=O) groups excluding carboxylic acids is 1. The molecular weight excluding hydrogens is 296 g/mol. The summed E-state index contributed by atoms with van der Waals surface area (Å²) in [6.07, 6.45) is 2.51. The molecule has 0 spiro atoms. The molecule has 2 unspecified atom stereocenters. The van der Waals surface area contributed by atoms with Crippen LogP contribution in [0.1, 0.15) is 29.9 Å². The molecule has 1 amide bonds. The third-order valence-corrected chi connectivity index (χ3v) is 4.99. The molecule has 126 valence electrons. The molecule has 1 heterocycles. The molecule has 0 bridgehead atoms. The average molecular weight is 322 g/mol. The summed E-state index contributed by atoms with van der Waals surface area (Å²) in [4.78, 5) is 14.7. The lowest BCUT2D eigenvalue weighted by Gasteiger charge is -2.26. The summed E-state index contributed by atoms with van der Waals surface area (Å²) in [5, 5.41) is 3.34. The lowest BCUT2D eigenvalue weighted by Crippen LogP contribution is -2.39. The van der Waals surface area contributed by atoms with Crippen molar-refractivity contribution in [2.75, 3.05) is 20.1 Å². The van der Waals surface area contributed by atoms with Crippen molar-refractivity contribution in [3.8, 4) is 0 Å². The maximum atomic E-state index is 12.8. The molecule has 3 nitrogen and oxygen atoms in total. The van der Waals surface area contributed by atoms with Crippen molar-refractivity contribution in [1.82, 2.24) is 10.2 Å². The first-order valence-electron chi connectivity index (χ1n) is 8.79. The molecule has 2 aromatic carbocycles. The van der Waals surface area contributed by atoms with Crippen molar-refractivity contribution < 1.29 is 4.79 Å². The van der Waals surface area contributed by atoms with E-state index in [1.165, 1.54) is 11.1 Å². The Morgan fingerprint density at radius 1 is 1.12 bits per heavy atom. The van der Waals surface area contributed by atoms with Crippen LogP contribution in [0.4, 0.5) is 0 Å². The van der Waals surface area contributed by atoms with Gasteiger partial charge >= 0.3 is 0 Å². The summed E-state index contributed by atoms with van der Waals surface area (Å²) in [6.45, 7) is 1.92. The van der Waals surface area contributed by atoms with E-state index in [0.29, 0.717) is 12.5 Å². The summed E-state index contributed by atoms with van der Waals surface area (Å²) in [7, 11) is 1.95. The Morgan fingerprint density at radius 3 is 2.42 bits per heavy atom. The highest BCUT2D eigenvalue weighted by Crippen LogP contribution is 2.25. The van der Waals surface area contributed by atoms with E-state index in [9.17, 15) is 4.79 Å². The lowest BCUT2D eigenvalue weighted by molar-refractivity contribution is -0.132. The Hall–Kier alpha value is -2.13. The molecular formula is C21H26N2O. The van der Waals surface area contributed by atoms with Crippen LogP contribution in [0, 0.1) is 0 Å². The van der Waals surface area contributed by atoms with Crippen molar-refractivity contribution >= 4 is 5.91 Å². The summed E-state index contributed by atoms with van der Waals surface area (Å²) in [6, 6.07) is 21.2. The normalized spacial score (nSPS) is 18.3. The SMILES string of the molecule is CN(C(=O)CC(Cc1ccccc1)c1ccccc1)C1CCNC1. The number of rotatable bonds is 6. The molecule has 1 aliphatic heterocycles. The summed E-state index contributed by atoms with van der Waals surface area (Å²) < 4.78 is 0. The van der Waals surface area contributed by atoms with E-state index in [0.717, 1.165) is 25.9 Å². The van der Waals surface area contributed by atoms with Crippen LogP contribution >= 0.6 is 0 Å². The van der Waals surface area contributed by atoms with Crippen LogP contribution in [0.5, 0.6) is 0 Å². The topological polar surface area (TPSA) is 32.3 Å². The van der Waals surface area contributed by atoms with Gasteiger partial charge in [-0.2, -0.15) is 0 Å². The van der Waals surface area contributed by atoms with E-state index in [1.807, 2.05) is 24.1 Å². The van der Waals surface area contributed by atoms with Gasteiger partial charge in [0.1, 0.15) is 0 Å². The summed E-state index contributed by atoms with van der Waals surface area (Å²) in [5.41, 5.74) is 2.52. The van der Waals surface area contributed by atoms with Crippen molar-refractivity contribution in [2.24, 2.45) is 0 Å². The Morgan fingerprint density at radius 2 is 1.79 bits per heavy atom. The van der Waals surface area contributed by atoms with Crippen molar-refractivity contribution in [3.05, 3.63) is 71.8 Å². The highest BCUT2D eigenvalue weighted by molar-refractivity contribution is 5.77. The van der Waals surface area contributed by atoms with Gasteiger partial charge in [-0.25, -0.2) is 0 Å². The molecule has 0 radical (unpaired) electrons. The Kier molecular flexibility index (Phi) is 5.65. The third kappa shape index (κ3) is 4.24. The average Bonchev–Trinajstić information content (AvgIpc) is 3.16. The maximum absolute atomic E-state index is 12.8. The van der Waals surface area contributed by atoms with E-state index in [2.05, 4.69) is 53.8 Å². The van der Waals surface area contributed by atoms with E-state index in [1.54, 1.807) is 0 Å². The fourth-order valence-electron chi connectivity index (χ4n) is 3.46. The lowest BCUT2D eigenvalue weighted by atomic mass is 9.88. The maximum Gasteiger partial charge on any atom is 0.223 e. The first kappa shape index (κ1) is 16.7. The molecule has 1 N–H and O–H groups in total. The van der Waals surface area contributed by atoms with Crippen LogP contribution < -0.4 is 5.32 Å². The van der Waals surface area contributed by atoms with Gasteiger partial charge in [-0.05, 0) is 36.4 Å². The molecule has 1 fully saturated rings. The standard InChI is InChI=1S/C21H26N2O/c1-23(20-12-13-22-16-20)21(24)15-19(18-10-6-3-7-11-18)14-17-8-4-2-5-9-17/h2-11,19-20,22H,12-16H2,1H3. The minimum absolute atomic E-state index is 0.220. The molecule has 0 saturated carbocycles. The Labute approximate surface area is 144 Å². The highest BCUT2D eigenvalue weighted by atomic mass is 16.2. The molecule has 2 atom stereocenters. The van der Waals surface area contributed by atoms with Crippen LogP contribution in [-0.4, -0.2) is 37.0 Å². The molecule has 1 saturated heterocycles. The monoisotopic (exact) mass is 322 g/mol. The number of hydrogen-bond acceptors (Lipinski definition) is 2. The first-order chi connectivity index (χ1) is 11.7. The second-order valence-electron chi connectivity index (χ2n) is 6.65. The van der Waals surface area contributed by atoms with E-state index in [-0.39, 0.29) is 11.8 Å². The fourth-order valence-corrected chi connectivity index (χ4v) is 3.46. The minimum atomic E-state index is 0.220. The highest BCUT2D eigenvalue weighted by Gasteiger charge is 2.25. The number of nitrogens with one attached hydrogen (secondary N) is 1. The molecule has 3 heteroatoms. The van der Waals surface area contributed by atoms with Gasteiger partial charge in [0, 0.05) is 26.1 Å². The summed E-state index contributed by atoms with van der Waals surface area (Å²) >= 11 is 0.